The van der Waals surface area contributed by atoms with Crippen LogP contribution in [0.5, 0.6) is 0 Å². The fourth-order valence-corrected chi connectivity index (χ4v) is 4.22. The van der Waals surface area contributed by atoms with Crippen molar-refractivity contribution in [2.75, 3.05) is 11.9 Å². The second-order valence-corrected chi connectivity index (χ2v) is 10.0. The summed E-state index contributed by atoms with van der Waals surface area (Å²) < 4.78 is 3.32. The lowest BCUT2D eigenvalue weighted by Crippen LogP contribution is -2.25. The molecule has 0 radical (unpaired) electrons. The van der Waals surface area contributed by atoms with Crippen LogP contribution in [0.4, 0.5) is 11.6 Å². The molecular formula is C25H30N8O. The predicted molar refractivity (Wildman–Crippen MR) is 133 cm³/mol. The van der Waals surface area contributed by atoms with E-state index in [2.05, 4.69) is 58.5 Å². The molecule has 0 bridgehead atoms. The van der Waals surface area contributed by atoms with Crippen molar-refractivity contribution in [1.82, 2.24) is 34.6 Å². The molecule has 34 heavy (non-hydrogen) atoms. The lowest BCUT2D eigenvalue weighted by atomic mass is 9.89. The van der Waals surface area contributed by atoms with Crippen molar-refractivity contribution in [2.45, 2.75) is 59.0 Å². The van der Waals surface area contributed by atoms with Crippen molar-refractivity contribution < 1.29 is 0 Å². The van der Waals surface area contributed by atoms with Crippen molar-refractivity contribution in [3.05, 3.63) is 63.8 Å². The largest absolute Gasteiger partial charge is 0.324 e. The molecule has 0 unspecified atom stereocenters. The summed E-state index contributed by atoms with van der Waals surface area (Å²) in [5.41, 5.74) is 4.79. The van der Waals surface area contributed by atoms with Crippen LogP contribution in [0.15, 0.2) is 41.6 Å². The first-order valence-electron chi connectivity index (χ1n) is 11.6. The van der Waals surface area contributed by atoms with Crippen molar-refractivity contribution in [3.8, 4) is 5.95 Å². The quantitative estimate of drug-likeness (QED) is 0.481. The number of nitrogens with one attached hydrogen (secondary N) is 2. The van der Waals surface area contributed by atoms with Crippen molar-refractivity contribution in [3.63, 3.8) is 0 Å². The molecule has 3 aromatic heterocycles. The first kappa shape index (κ1) is 22.2. The van der Waals surface area contributed by atoms with Gasteiger partial charge < -0.3 is 10.6 Å². The molecular weight excluding hydrogens is 428 g/mol. The highest BCUT2D eigenvalue weighted by Crippen LogP contribution is 2.24. The SMILES string of the molecule is CC(C)n1c(=O)c2cnc(Nc3ccc4c(c3)CNCC4)nc2n1-c1ncc(C(C)(C)C)cn1. The Kier molecular flexibility index (Phi) is 5.44. The van der Waals surface area contributed by atoms with E-state index >= 15 is 0 Å². The number of hydrogen-bond donors (Lipinski definition) is 2. The monoisotopic (exact) mass is 458 g/mol. The maximum absolute atomic E-state index is 13.2. The van der Waals surface area contributed by atoms with Gasteiger partial charge in [0, 0.05) is 36.9 Å². The average Bonchev–Trinajstić information content (AvgIpc) is 3.10. The van der Waals surface area contributed by atoms with Crippen LogP contribution in [0, 0.1) is 0 Å². The maximum Gasteiger partial charge on any atom is 0.278 e. The number of nitrogens with zero attached hydrogens (tertiary/aromatic N) is 6. The van der Waals surface area contributed by atoms with Gasteiger partial charge in [-0.05, 0) is 61.1 Å². The van der Waals surface area contributed by atoms with Crippen LogP contribution in [-0.2, 0) is 18.4 Å². The molecule has 0 spiro atoms. The molecule has 9 heteroatoms. The Morgan fingerprint density at radius 3 is 2.53 bits per heavy atom. The van der Waals surface area contributed by atoms with Crippen LogP contribution in [-0.4, -0.2) is 35.8 Å². The van der Waals surface area contributed by atoms with E-state index in [0.29, 0.717) is 22.9 Å². The zero-order valence-corrected chi connectivity index (χ0v) is 20.3. The number of anilines is 2. The minimum atomic E-state index is -0.167. The average molecular weight is 459 g/mol. The Labute approximate surface area is 198 Å². The maximum atomic E-state index is 13.2. The molecule has 2 N–H and O–H groups in total. The summed E-state index contributed by atoms with van der Waals surface area (Å²) in [6, 6.07) is 6.19. The molecule has 0 amide bonds. The lowest BCUT2D eigenvalue weighted by molar-refractivity contribution is 0.466. The van der Waals surface area contributed by atoms with Gasteiger partial charge >= 0.3 is 0 Å². The summed E-state index contributed by atoms with van der Waals surface area (Å²) in [7, 11) is 0. The normalized spacial score (nSPS) is 13.9. The fraction of sp³-hybridized carbons (Fsp3) is 0.400. The number of fused-ring (bicyclic) bond motifs is 2. The van der Waals surface area contributed by atoms with E-state index in [-0.39, 0.29) is 17.0 Å². The number of hydrogen-bond acceptors (Lipinski definition) is 7. The zero-order chi connectivity index (χ0) is 24.0. The Balaban J connectivity index is 1.59. The van der Waals surface area contributed by atoms with Gasteiger partial charge in [0.1, 0.15) is 5.39 Å². The topological polar surface area (TPSA) is 103 Å². The Hall–Kier alpha value is -3.59. The highest BCUT2D eigenvalue weighted by Gasteiger charge is 2.22. The first-order valence-corrected chi connectivity index (χ1v) is 11.6. The van der Waals surface area contributed by atoms with E-state index < -0.39 is 0 Å². The molecule has 0 atom stereocenters. The molecule has 1 aromatic carbocycles. The van der Waals surface area contributed by atoms with E-state index in [1.54, 1.807) is 15.6 Å². The lowest BCUT2D eigenvalue weighted by Gasteiger charge is -2.19. The van der Waals surface area contributed by atoms with Crippen LogP contribution >= 0.6 is 0 Å². The molecule has 0 aliphatic carbocycles. The molecule has 1 aliphatic heterocycles. The zero-order valence-electron chi connectivity index (χ0n) is 20.3. The van der Waals surface area contributed by atoms with Crippen LogP contribution < -0.4 is 16.2 Å². The molecule has 0 saturated carbocycles. The molecule has 176 valence electrons. The summed E-state index contributed by atoms with van der Waals surface area (Å²) in [6.07, 6.45) is 6.22. The summed E-state index contributed by atoms with van der Waals surface area (Å²) in [6.45, 7) is 12.1. The molecule has 0 fully saturated rings. The summed E-state index contributed by atoms with van der Waals surface area (Å²) >= 11 is 0. The van der Waals surface area contributed by atoms with E-state index in [0.717, 1.165) is 30.8 Å². The van der Waals surface area contributed by atoms with Crippen LogP contribution in [0.3, 0.4) is 0 Å². The van der Waals surface area contributed by atoms with Gasteiger partial charge in [0.15, 0.2) is 5.65 Å². The molecule has 0 saturated heterocycles. The third kappa shape index (κ3) is 3.96. The van der Waals surface area contributed by atoms with Gasteiger partial charge in [-0.1, -0.05) is 26.8 Å². The van der Waals surface area contributed by atoms with Gasteiger partial charge in [0.25, 0.3) is 11.5 Å². The number of aromatic nitrogens is 6. The smallest absolute Gasteiger partial charge is 0.278 e. The van der Waals surface area contributed by atoms with Crippen LogP contribution in [0.25, 0.3) is 17.0 Å². The first-order chi connectivity index (χ1) is 16.2. The molecule has 1 aliphatic rings. The van der Waals surface area contributed by atoms with Gasteiger partial charge in [0.2, 0.25) is 5.95 Å². The molecule has 4 aromatic rings. The Bertz CT molecular complexity index is 1410. The van der Waals surface area contributed by atoms with Crippen LogP contribution in [0.1, 0.15) is 57.4 Å². The van der Waals surface area contributed by atoms with Crippen LogP contribution in [0.2, 0.25) is 0 Å². The molecule has 5 rings (SSSR count). The van der Waals surface area contributed by atoms with Gasteiger partial charge in [-0.15, -0.1) is 0 Å². The summed E-state index contributed by atoms with van der Waals surface area (Å²) in [5, 5.41) is 7.13. The molecule has 9 nitrogen and oxygen atoms in total. The molecule has 4 heterocycles. The van der Waals surface area contributed by atoms with Crippen molar-refractivity contribution in [1.29, 1.82) is 0 Å². The fourth-order valence-electron chi connectivity index (χ4n) is 4.22. The third-order valence-corrected chi connectivity index (χ3v) is 6.16. The summed E-state index contributed by atoms with van der Waals surface area (Å²) in [5.74, 6) is 0.815. The minimum absolute atomic E-state index is 0.0708. The predicted octanol–water partition coefficient (Wildman–Crippen LogP) is 3.64. The van der Waals surface area contributed by atoms with Gasteiger partial charge in [-0.2, -0.15) is 9.67 Å². The Morgan fingerprint density at radius 2 is 1.82 bits per heavy atom. The van der Waals surface area contributed by atoms with Gasteiger partial charge in [-0.25, -0.2) is 19.6 Å². The second-order valence-electron chi connectivity index (χ2n) is 10.0. The second kappa shape index (κ2) is 8.32. The van der Waals surface area contributed by atoms with Gasteiger partial charge in [0.05, 0.1) is 0 Å². The van der Waals surface area contributed by atoms with E-state index in [9.17, 15) is 4.79 Å². The van der Waals surface area contributed by atoms with Crippen molar-refractivity contribution >= 4 is 22.7 Å². The standard InChI is InChI=1S/C25H30N8O/c1-15(2)32-22(34)20-14-27-23(30-19-7-6-16-8-9-26-11-17(16)10-19)31-21(20)33(32)24-28-12-18(13-29-24)25(3,4)5/h6-7,10,12-15,26H,8-9,11H2,1-5H3,(H,27,30,31). The van der Waals surface area contributed by atoms with Gasteiger partial charge in [-0.3, -0.25) is 4.79 Å². The third-order valence-electron chi connectivity index (χ3n) is 6.16. The Morgan fingerprint density at radius 1 is 1.06 bits per heavy atom. The van der Waals surface area contributed by atoms with E-state index in [1.807, 2.05) is 32.3 Å². The van der Waals surface area contributed by atoms with Crippen molar-refractivity contribution in [2.24, 2.45) is 0 Å². The highest BCUT2D eigenvalue weighted by molar-refractivity contribution is 5.76. The van der Waals surface area contributed by atoms with E-state index in [1.165, 1.54) is 11.1 Å². The minimum Gasteiger partial charge on any atom is -0.324 e. The highest BCUT2D eigenvalue weighted by atomic mass is 16.1. The van der Waals surface area contributed by atoms with E-state index in [4.69, 9.17) is 4.98 Å². The summed E-state index contributed by atoms with van der Waals surface area (Å²) in [4.78, 5) is 31.5. The number of benzene rings is 1. The number of rotatable bonds is 4.